The third kappa shape index (κ3) is 4.47. The SMILES string of the molecule is CCC[NH+](CCC)Cc1c(O)ccc2oc(C)c(C(=O)Nc3cccc(Cl)c3C)c12. The monoisotopic (exact) mass is 429 g/mol. The second-order valence-corrected chi connectivity index (χ2v) is 8.17. The Bertz CT molecular complexity index is 1050. The number of fused-ring (bicyclic) bond motifs is 1. The molecular formula is C24H30ClN2O3+. The number of nitrogens with one attached hydrogen (secondary N) is 2. The highest BCUT2D eigenvalue weighted by atomic mass is 35.5. The fourth-order valence-electron chi connectivity index (χ4n) is 4.01. The van der Waals surface area contributed by atoms with Crippen LogP contribution in [0, 0.1) is 13.8 Å². The van der Waals surface area contributed by atoms with Crippen LogP contribution >= 0.6 is 11.6 Å². The van der Waals surface area contributed by atoms with Crippen LogP contribution in [-0.4, -0.2) is 24.1 Å². The normalized spacial score (nSPS) is 11.4. The average molecular weight is 430 g/mol. The van der Waals surface area contributed by atoms with E-state index in [1.807, 2.05) is 13.0 Å². The minimum atomic E-state index is -0.268. The second-order valence-electron chi connectivity index (χ2n) is 7.76. The van der Waals surface area contributed by atoms with Crippen LogP contribution in [0.5, 0.6) is 5.75 Å². The number of phenols is 1. The van der Waals surface area contributed by atoms with Gasteiger partial charge in [-0.25, -0.2) is 0 Å². The van der Waals surface area contributed by atoms with Crippen molar-refractivity contribution in [1.82, 2.24) is 0 Å². The van der Waals surface area contributed by atoms with Gasteiger partial charge in [0.15, 0.2) is 0 Å². The molecule has 1 amide bonds. The third-order valence-corrected chi connectivity index (χ3v) is 5.90. The van der Waals surface area contributed by atoms with Crippen molar-refractivity contribution in [1.29, 1.82) is 0 Å². The Labute approximate surface area is 182 Å². The predicted octanol–water partition coefficient (Wildman–Crippen LogP) is 4.87. The van der Waals surface area contributed by atoms with E-state index >= 15 is 0 Å². The molecule has 0 fully saturated rings. The highest BCUT2D eigenvalue weighted by molar-refractivity contribution is 6.31. The number of hydrogen-bond acceptors (Lipinski definition) is 3. The van der Waals surface area contributed by atoms with E-state index in [0.717, 1.165) is 37.1 Å². The van der Waals surface area contributed by atoms with Crippen molar-refractivity contribution < 1.29 is 19.2 Å². The number of carbonyl (C=O) groups is 1. The maximum absolute atomic E-state index is 13.3. The summed E-state index contributed by atoms with van der Waals surface area (Å²) in [6, 6.07) is 8.80. The summed E-state index contributed by atoms with van der Waals surface area (Å²) in [7, 11) is 0. The topological polar surface area (TPSA) is 66.9 Å². The van der Waals surface area contributed by atoms with E-state index in [0.29, 0.717) is 39.5 Å². The molecule has 1 heterocycles. The number of phenolic OH excluding ortho intramolecular Hbond substituents is 1. The summed E-state index contributed by atoms with van der Waals surface area (Å²) in [6.07, 6.45) is 2.11. The number of rotatable bonds is 8. The van der Waals surface area contributed by atoms with E-state index in [9.17, 15) is 9.90 Å². The lowest BCUT2D eigenvalue weighted by molar-refractivity contribution is -0.913. The summed E-state index contributed by atoms with van der Waals surface area (Å²) in [5.74, 6) is 0.457. The fraction of sp³-hybridized carbons (Fsp3) is 0.375. The Morgan fingerprint density at radius 2 is 1.83 bits per heavy atom. The Morgan fingerprint density at radius 1 is 1.13 bits per heavy atom. The highest BCUT2D eigenvalue weighted by Crippen LogP contribution is 2.34. The van der Waals surface area contributed by atoms with Crippen LogP contribution in [0.25, 0.3) is 11.0 Å². The molecule has 0 unspecified atom stereocenters. The zero-order valence-corrected chi connectivity index (χ0v) is 18.8. The average Bonchev–Trinajstić information content (AvgIpc) is 3.04. The number of carbonyl (C=O) groups excluding carboxylic acids is 1. The molecule has 0 aliphatic carbocycles. The number of benzene rings is 2. The van der Waals surface area contributed by atoms with Gasteiger partial charge >= 0.3 is 0 Å². The number of anilines is 1. The van der Waals surface area contributed by atoms with Gasteiger partial charge in [-0.1, -0.05) is 31.5 Å². The van der Waals surface area contributed by atoms with Crippen LogP contribution in [0.2, 0.25) is 5.02 Å². The van der Waals surface area contributed by atoms with Crippen molar-refractivity contribution in [2.24, 2.45) is 0 Å². The molecule has 3 aromatic rings. The number of quaternary nitrogens is 1. The van der Waals surface area contributed by atoms with Gasteiger partial charge in [0, 0.05) is 16.1 Å². The van der Waals surface area contributed by atoms with Crippen LogP contribution in [-0.2, 0) is 6.54 Å². The molecule has 3 rings (SSSR count). The lowest BCUT2D eigenvalue weighted by Crippen LogP contribution is -3.10. The van der Waals surface area contributed by atoms with E-state index in [-0.39, 0.29) is 11.7 Å². The maximum Gasteiger partial charge on any atom is 0.259 e. The summed E-state index contributed by atoms with van der Waals surface area (Å²) >= 11 is 6.21. The Balaban J connectivity index is 2.06. The molecule has 3 N–H and O–H groups in total. The van der Waals surface area contributed by atoms with E-state index in [1.54, 1.807) is 31.2 Å². The van der Waals surface area contributed by atoms with Crippen LogP contribution in [0.1, 0.15) is 53.9 Å². The van der Waals surface area contributed by atoms with Gasteiger partial charge in [-0.05, 0) is 56.5 Å². The molecule has 6 heteroatoms. The number of hydrogen-bond donors (Lipinski definition) is 3. The van der Waals surface area contributed by atoms with Crippen LogP contribution in [0.4, 0.5) is 5.69 Å². The molecule has 0 atom stereocenters. The van der Waals surface area contributed by atoms with Crippen molar-refractivity contribution in [3.63, 3.8) is 0 Å². The number of halogens is 1. The molecule has 0 saturated heterocycles. The highest BCUT2D eigenvalue weighted by Gasteiger charge is 2.25. The van der Waals surface area contributed by atoms with Gasteiger partial charge in [0.05, 0.1) is 24.2 Å². The van der Waals surface area contributed by atoms with Crippen LogP contribution in [0.15, 0.2) is 34.7 Å². The van der Waals surface area contributed by atoms with Crippen LogP contribution in [0.3, 0.4) is 0 Å². The fourth-order valence-corrected chi connectivity index (χ4v) is 4.18. The molecular weight excluding hydrogens is 400 g/mol. The molecule has 0 spiro atoms. The molecule has 5 nitrogen and oxygen atoms in total. The molecule has 0 saturated carbocycles. The van der Waals surface area contributed by atoms with Gasteiger partial charge in [0.1, 0.15) is 23.6 Å². The van der Waals surface area contributed by atoms with Gasteiger partial charge < -0.3 is 19.7 Å². The van der Waals surface area contributed by atoms with E-state index in [2.05, 4.69) is 19.2 Å². The smallest absolute Gasteiger partial charge is 0.259 e. The first-order valence-corrected chi connectivity index (χ1v) is 10.9. The number of aromatic hydroxyl groups is 1. The molecule has 0 aliphatic heterocycles. The van der Waals surface area contributed by atoms with Crippen molar-refractivity contribution in [3.8, 4) is 5.75 Å². The summed E-state index contributed by atoms with van der Waals surface area (Å²) in [5.41, 5.74) is 3.30. The molecule has 0 aliphatic rings. The van der Waals surface area contributed by atoms with E-state index in [1.165, 1.54) is 4.90 Å². The Hall–Kier alpha value is -2.50. The van der Waals surface area contributed by atoms with Gasteiger partial charge in [-0.3, -0.25) is 4.79 Å². The zero-order valence-electron chi connectivity index (χ0n) is 18.1. The van der Waals surface area contributed by atoms with Crippen molar-refractivity contribution in [2.75, 3.05) is 18.4 Å². The number of amides is 1. The first kappa shape index (κ1) is 22.2. The largest absolute Gasteiger partial charge is 0.507 e. The maximum atomic E-state index is 13.3. The Morgan fingerprint density at radius 3 is 2.50 bits per heavy atom. The van der Waals surface area contributed by atoms with Crippen molar-refractivity contribution in [3.05, 3.63) is 57.8 Å². The first-order valence-electron chi connectivity index (χ1n) is 10.5. The molecule has 1 aromatic heterocycles. The summed E-state index contributed by atoms with van der Waals surface area (Å²) in [6.45, 7) is 10.6. The minimum Gasteiger partial charge on any atom is -0.507 e. The standard InChI is InChI=1S/C24H29ClN2O3/c1-5-12-27(13-6-2)14-17-20(28)10-11-21-23(17)22(16(4)30-21)24(29)26-19-9-7-8-18(25)15(19)3/h7-11,28H,5-6,12-14H2,1-4H3,(H,26,29)/p+1. The van der Waals surface area contributed by atoms with E-state index < -0.39 is 0 Å². The second kappa shape index (κ2) is 9.54. The summed E-state index contributed by atoms with van der Waals surface area (Å²) < 4.78 is 5.90. The van der Waals surface area contributed by atoms with Gasteiger partial charge in [-0.15, -0.1) is 0 Å². The Kier molecular flexibility index (Phi) is 7.06. The quantitative estimate of drug-likeness (QED) is 0.478. The van der Waals surface area contributed by atoms with Gasteiger partial charge in [0.25, 0.3) is 5.91 Å². The third-order valence-electron chi connectivity index (χ3n) is 5.49. The van der Waals surface area contributed by atoms with Crippen molar-refractivity contribution in [2.45, 2.75) is 47.1 Å². The van der Waals surface area contributed by atoms with Crippen LogP contribution < -0.4 is 10.2 Å². The van der Waals surface area contributed by atoms with Gasteiger partial charge in [0.2, 0.25) is 0 Å². The zero-order chi connectivity index (χ0) is 21.8. The van der Waals surface area contributed by atoms with Gasteiger partial charge in [-0.2, -0.15) is 0 Å². The molecule has 0 bridgehead atoms. The first-order chi connectivity index (χ1) is 14.4. The predicted molar refractivity (Wildman–Crippen MR) is 122 cm³/mol. The molecule has 160 valence electrons. The number of aryl methyl sites for hydroxylation is 1. The summed E-state index contributed by atoms with van der Waals surface area (Å²) in [5, 5.41) is 14.9. The van der Waals surface area contributed by atoms with Crippen molar-refractivity contribution >= 4 is 34.2 Å². The minimum absolute atomic E-state index is 0.195. The lowest BCUT2D eigenvalue weighted by atomic mass is 10.0. The molecule has 2 aromatic carbocycles. The lowest BCUT2D eigenvalue weighted by Gasteiger charge is -2.19. The number of furan rings is 1. The molecule has 0 radical (unpaired) electrons. The van der Waals surface area contributed by atoms with E-state index in [4.69, 9.17) is 16.0 Å². The molecule has 30 heavy (non-hydrogen) atoms. The summed E-state index contributed by atoms with van der Waals surface area (Å²) in [4.78, 5) is 14.6.